The van der Waals surface area contributed by atoms with E-state index in [9.17, 15) is 4.79 Å². The Morgan fingerprint density at radius 3 is 2.54 bits per heavy atom. The van der Waals surface area contributed by atoms with Crippen molar-refractivity contribution in [2.24, 2.45) is 4.99 Å². The van der Waals surface area contributed by atoms with Crippen molar-refractivity contribution in [1.29, 1.82) is 0 Å². The summed E-state index contributed by atoms with van der Waals surface area (Å²) in [5.41, 5.74) is 0. The summed E-state index contributed by atoms with van der Waals surface area (Å²) < 4.78 is 0. The summed E-state index contributed by atoms with van der Waals surface area (Å²) in [5, 5.41) is 9.60. The molecular weight excluding hydrogens is 417 g/mol. The molecule has 1 saturated carbocycles. The van der Waals surface area contributed by atoms with Gasteiger partial charge in [0.05, 0.1) is 6.54 Å². The molecule has 1 heterocycles. The van der Waals surface area contributed by atoms with Gasteiger partial charge in [-0.1, -0.05) is 26.2 Å². The smallest absolute Gasteiger partial charge is 0.239 e. The zero-order valence-electron chi connectivity index (χ0n) is 15.1. The van der Waals surface area contributed by atoms with E-state index in [-0.39, 0.29) is 29.9 Å². The van der Waals surface area contributed by atoms with Gasteiger partial charge in [0.15, 0.2) is 5.96 Å². The zero-order valence-corrected chi connectivity index (χ0v) is 17.5. The van der Waals surface area contributed by atoms with Gasteiger partial charge in [-0.25, -0.2) is 0 Å². The molecule has 7 heteroatoms. The van der Waals surface area contributed by atoms with E-state index < -0.39 is 0 Å². The molecule has 1 aliphatic heterocycles. The molecular formula is C17H34IN5O. The maximum atomic E-state index is 12.0. The van der Waals surface area contributed by atoms with Gasteiger partial charge >= 0.3 is 0 Å². The van der Waals surface area contributed by atoms with Crippen LogP contribution in [-0.4, -0.2) is 62.1 Å². The standard InChI is InChI=1S/C17H33N5O.HI/c1-3-22-11-7-10-15(22)12-19-17(18-2)20-13-16(23)21-14-8-5-4-6-9-14;/h14-15H,3-13H2,1-2H3,(H,21,23)(H2,18,19,20);1H. The van der Waals surface area contributed by atoms with Crippen LogP contribution in [0.2, 0.25) is 0 Å². The highest BCUT2D eigenvalue weighted by atomic mass is 127. The second kappa shape index (κ2) is 11.9. The van der Waals surface area contributed by atoms with Crippen molar-refractivity contribution in [2.45, 2.75) is 64.0 Å². The summed E-state index contributed by atoms with van der Waals surface area (Å²) in [4.78, 5) is 18.7. The number of nitrogens with zero attached hydrogens (tertiary/aromatic N) is 2. The minimum absolute atomic E-state index is 0. The molecule has 0 aromatic rings. The number of aliphatic imine (C=N–C) groups is 1. The lowest BCUT2D eigenvalue weighted by Crippen LogP contribution is -2.48. The molecule has 2 fully saturated rings. The van der Waals surface area contributed by atoms with Gasteiger partial charge in [0.2, 0.25) is 5.91 Å². The Hall–Kier alpha value is -0.570. The summed E-state index contributed by atoms with van der Waals surface area (Å²) in [6, 6.07) is 0.944. The van der Waals surface area contributed by atoms with Gasteiger partial charge in [-0.3, -0.25) is 14.7 Å². The third-order valence-electron chi connectivity index (χ3n) is 5.02. The van der Waals surface area contributed by atoms with Crippen LogP contribution in [0.15, 0.2) is 4.99 Å². The highest BCUT2D eigenvalue weighted by Gasteiger charge is 2.22. The quantitative estimate of drug-likeness (QED) is 0.327. The second-order valence-electron chi connectivity index (χ2n) is 6.63. The number of guanidine groups is 1. The van der Waals surface area contributed by atoms with Crippen molar-refractivity contribution in [3.63, 3.8) is 0 Å². The van der Waals surface area contributed by atoms with Crippen LogP contribution in [0, 0.1) is 0 Å². The Bertz CT molecular complexity index is 398. The summed E-state index contributed by atoms with van der Waals surface area (Å²) in [6.45, 7) is 5.68. The molecule has 6 nitrogen and oxygen atoms in total. The first-order valence-corrected chi connectivity index (χ1v) is 9.21. The van der Waals surface area contributed by atoms with Gasteiger partial charge in [-0.15, -0.1) is 24.0 Å². The van der Waals surface area contributed by atoms with Crippen LogP contribution in [0.3, 0.4) is 0 Å². The average Bonchev–Trinajstić information content (AvgIpc) is 3.03. The lowest BCUT2D eigenvalue weighted by Gasteiger charge is -2.24. The summed E-state index contributed by atoms with van der Waals surface area (Å²) >= 11 is 0. The monoisotopic (exact) mass is 451 g/mol. The predicted octanol–water partition coefficient (Wildman–Crippen LogP) is 1.70. The first kappa shape index (κ1) is 21.5. The van der Waals surface area contributed by atoms with E-state index in [4.69, 9.17) is 0 Å². The van der Waals surface area contributed by atoms with Crippen LogP contribution < -0.4 is 16.0 Å². The molecule has 1 saturated heterocycles. The van der Waals surface area contributed by atoms with Crippen LogP contribution in [0.1, 0.15) is 51.9 Å². The first-order valence-electron chi connectivity index (χ1n) is 9.21. The maximum absolute atomic E-state index is 12.0. The van der Waals surface area contributed by atoms with Gasteiger partial charge in [0, 0.05) is 25.7 Å². The third kappa shape index (κ3) is 7.13. The highest BCUT2D eigenvalue weighted by Crippen LogP contribution is 2.17. The van der Waals surface area contributed by atoms with Gasteiger partial charge in [0.25, 0.3) is 0 Å². The average molecular weight is 451 g/mol. The number of carbonyl (C=O) groups excluding carboxylic acids is 1. The molecule has 3 N–H and O–H groups in total. The van der Waals surface area contributed by atoms with Crippen LogP contribution in [0.25, 0.3) is 0 Å². The van der Waals surface area contributed by atoms with E-state index in [1.807, 2.05) is 0 Å². The van der Waals surface area contributed by atoms with Gasteiger partial charge in [0.1, 0.15) is 0 Å². The van der Waals surface area contributed by atoms with Crippen molar-refractivity contribution < 1.29 is 4.79 Å². The third-order valence-corrected chi connectivity index (χ3v) is 5.02. The molecule has 2 rings (SSSR count). The lowest BCUT2D eigenvalue weighted by molar-refractivity contribution is -0.120. The molecule has 1 atom stereocenters. The van der Waals surface area contributed by atoms with Crippen LogP contribution in [0.4, 0.5) is 0 Å². The van der Waals surface area contributed by atoms with Crippen molar-refractivity contribution in [1.82, 2.24) is 20.9 Å². The van der Waals surface area contributed by atoms with Crippen LogP contribution in [-0.2, 0) is 4.79 Å². The minimum Gasteiger partial charge on any atom is -0.355 e. The first-order chi connectivity index (χ1) is 11.2. The highest BCUT2D eigenvalue weighted by molar-refractivity contribution is 14.0. The molecule has 0 aromatic heterocycles. The predicted molar refractivity (Wildman–Crippen MR) is 110 cm³/mol. The molecule has 1 aliphatic carbocycles. The van der Waals surface area contributed by atoms with E-state index in [0.717, 1.165) is 25.9 Å². The maximum Gasteiger partial charge on any atom is 0.239 e. The van der Waals surface area contributed by atoms with Crippen molar-refractivity contribution in [3.05, 3.63) is 0 Å². The summed E-state index contributed by atoms with van der Waals surface area (Å²) in [7, 11) is 1.75. The summed E-state index contributed by atoms with van der Waals surface area (Å²) in [6.07, 6.45) is 8.52. The van der Waals surface area contributed by atoms with E-state index in [1.54, 1.807) is 7.05 Å². The normalized spacial score (nSPS) is 22.8. The van der Waals surface area contributed by atoms with Crippen LogP contribution >= 0.6 is 24.0 Å². The van der Waals surface area contributed by atoms with E-state index in [0.29, 0.717) is 24.6 Å². The molecule has 0 bridgehead atoms. The largest absolute Gasteiger partial charge is 0.355 e. The molecule has 0 spiro atoms. The number of carbonyl (C=O) groups is 1. The van der Waals surface area contributed by atoms with Crippen molar-refractivity contribution >= 4 is 35.8 Å². The van der Waals surface area contributed by atoms with Crippen molar-refractivity contribution in [2.75, 3.05) is 33.2 Å². The zero-order chi connectivity index (χ0) is 16.5. The Kier molecular flexibility index (Phi) is 10.6. The van der Waals surface area contributed by atoms with Crippen LogP contribution in [0.5, 0.6) is 0 Å². The topological polar surface area (TPSA) is 68.8 Å². The second-order valence-corrected chi connectivity index (χ2v) is 6.63. The molecule has 24 heavy (non-hydrogen) atoms. The summed E-state index contributed by atoms with van der Waals surface area (Å²) in [5.74, 6) is 0.780. The number of amides is 1. The number of hydrogen-bond donors (Lipinski definition) is 3. The number of likely N-dealkylation sites (tertiary alicyclic amines) is 1. The molecule has 0 aromatic carbocycles. The molecule has 2 aliphatic rings. The minimum atomic E-state index is 0. The SMILES string of the molecule is CCN1CCCC1CNC(=NC)NCC(=O)NC1CCCCC1.I. The van der Waals surface area contributed by atoms with Crippen molar-refractivity contribution in [3.8, 4) is 0 Å². The molecule has 1 unspecified atom stereocenters. The van der Waals surface area contributed by atoms with E-state index in [1.165, 1.54) is 38.6 Å². The molecule has 1 amide bonds. The molecule has 140 valence electrons. The Balaban J connectivity index is 0.00000288. The Morgan fingerprint density at radius 1 is 1.12 bits per heavy atom. The number of nitrogens with one attached hydrogen (secondary N) is 3. The fourth-order valence-corrected chi connectivity index (χ4v) is 3.67. The number of halogens is 1. The Morgan fingerprint density at radius 2 is 1.88 bits per heavy atom. The number of rotatable bonds is 6. The fourth-order valence-electron chi connectivity index (χ4n) is 3.67. The van der Waals surface area contributed by atoms with E-state index >= 15 is 0 Å². The van der Waals surface area contributed by atoms with E-state index in [2.05, 4.69) is 32.8 Å². The number of hydrogen-bond acceptors (Lipinski definition) is 3. The Labute approximate surface area is 163 Å². The van der Waals surface area contributed by atoms with Gasteiger partial charge < -0.3 is 16.0 Å². The fraction of sp³-hybridized carbons (Fsp3) is 0.882. The van der Waals surface area contributed by atoms with Gasteiger partial charge in [-0.2, -0.15) is 0 Å². The van der Waals surface area contributed by atoms with Gasteiger partial charge in [-0.05, 0) is 38.8 Å². The molecule has 0 radical (unpaired) electrons. The lowest BCUT2D eigenvalue weighted by atomic mass is 9.95. The number of likely N-dealkylation sites (N-methyl/N-ethyl adjacent to an activating group) is 1.